The Bertz CT molecular complexity index is 16.5. The zero-order chi connectivity index (χ0) is 0. The molecule has 0 rings (SSSR count). The van der Waals surface area contributed by atoms with Crippen molar-refractivity contribution in [3.05, 3.63) is 0 Å². The molecule has 0 bridgehead atoms. The first-order chi connectivity index (χ1) is 0. The summed E-state index contributed by atoms with van der Waals surface area (Å²) in [5, 5.41) is 0. The molecule has 0 atom stereocenters. The third-order valence-electron chi connectivity index (χ3n) is 0. The molecule has 32 valence electrons. The second kappa shape index (κ2) is 27.7. The Labute approximate surface area is 109 Å². The fraction of sp³-hybridized carbons (Fsp3) is 0. The molecule has 1 nitrogen and oxygen atoms in total. The van der Waals surface area contributed by atoms with Crippen LogP contribution in [0.2, 0.25) is 0 Å². The summed E-state index contributed by atoms with van der Waals surface area (Å²) in [7, 11) is 0. The number of hydrogen-bond donors (Lipinski definition) is 0. The van der Waals surface area contributed by atoms with Crippen LogP contribution in [0.15, 0.2) is 0 Å². The molecule has 0 unspecified atom stereocenters. The molecule has 0 aliphatic heterocycles. The van der Waals surface area contributed by atoms with Gasteiger partial charge in [-0.1, -0.05) is 0 Å². The maximum absolute atomic E-state index is 0. The van der Waals surface area contributed by atoms with E-state index in [-0.39, 0.29) is 111 Å². The van der Waals surface area contributed by atoms with E-state index in [0.717, 1.165) is 0 Å². The van der Waals surface area contributed by atoms with Crippen LogP contribution >= 0.6 is 24.8 Å². The topological polar surface area (TPSA) is 31.5 Å². The molecule has 0 saturated carbocycles. The average molecular weight is 175 g/mol. The van der Waals surface area contributed by atoms with Gasteiger partial charge in [0.1, 0.15) is 0 Å². The van der Waals surface area contributed by atoms with Crippen LogP contribution in [0, 0.1) is 0 Å². The van der Waals surface area contributed by atoms with Crippen LogP contribution in [0.5, 0.6) is 0 Å². The minimum atomic E-state index is 0. The molecule has 0 saturated heterocycles. The van der Waals surface area contributed by atoms with Crippen molar-refractivity contribution in [1.82, 2.24) is 0 Å². The molecule has 0 aromatic heterocycles. The maximum atomic E-state index is 0. The molecular weight excluding hydrogens is 167 g/mol. The summed E-state index contributed by atoms with van der Waals surface area (Å²) in [6.07, 6.45) is 0. The van der Waals surface area contributed by atoms with Gasteiger partial charge >= 0.3 is 75.5 Å². The van der Waals surface area contributed by atoms with Gasteiger partial charge in [-0.15, -0.1) is 24.8 Å². The maximum Gasteiger partial charge on any atom is 2.00 e. The van der Waals surface area contributed by atoms with E-state index in [9.17, 15) is 0 Å². The van der Waals surface area contributed by atoms with E-state index in [4.69, 9.17) is 0 Å². The predicted octanol–water partition coefficient (Wildman–Crippen LogP) is -0.293. The van der Waals surface area contributed by atoms with E-state index >= 15 is 0 Å². The largest absolute Gasteiger partial charge is 2.00 e. The van der Waals surface area contributed by atoms with Crippen LogP contribution in [-0.4, -0.2) is 81.0 Å². The number of hydrogen-bond acceptors (Lipinski definition) is 0. The molecule has 5 heavy (non-hydrogen) atoms. The van der Waals surface area contributed by atoms with Gasteiger partial charge in [-0.3, -0.25) is 0 Å². The minimum absolute atomic E-state index is 0. The fourth-order valence-electron chi connectivity index (χ4n) is 0. The first-order valence-electron chi connectivity index (χ1n) is 0. The van der Waals surface area contributed by atoms with Crippen LogP contribution in [0.3, 0.4) is 0 Å². The molecule has 0 radical (unpaired) electrons. The quantitative estimate of drug-likeness (QED) is 0.453. The van der Waals surface area contributed by atoms with Crippen LogP contribution in [-0.2, 0) is 0 Å². The summed E-state index contributed by atoms with van der Waals surface area (Å²) >= 11 is 0. The monoisotopic (exact) mass is 174 g/mol. The second-order valence-electron chi connectivity index (χ2n) is 0. The summed E-state index contributed by atoms with van der Waals surface area (Å²) in [6, 6.07) is 0. The van der Waals surface area contributed by atoms with Crippen LogP contribution < -0.4 is 0 Å². The summed E-state index contributed by atoms with van der Waals surface area (Å²) in [5.41, 5.74) is 0. The number of halogens is 2. The van der Waals surface area contributed by atoms with Crippen molar-refractivity contribution in [2.24, 2.45) is 0 Å². The van der Waals surface area contributed by atoms with Crippen molar-refractivity contribution < 1.29 is 11.2 Å². The van der Waals surface area contributed by atoms with Gasteiger partial charge < -0.3 is 11.2 Å². The molecular formula is H8Ca2Cl2O. The van der Waals surface area contributed by atoms with Crippen molar-refractivity contribution in [3.8, 4) is 0 Å². The summed E-state index contributed by atoms with van der Waals surface area (Å²) in [4.78, 5) is 0. The Kier molecular flexibility index (Phi) is 238. The molecule has 0 aromatic rings. The molecule has 2 N–H and O–H groups in total. The Morgan fingerprint density at radius 3 is 0.800 bits per heavy atom. The van der Waals surface area contributed by atoms with E-state index in [2.05, 4.69) is 0 Å². The number of rotatable bonds is 0. The first-order valence-corrected chi connectivity index (χ1v) is 0. The van der Waals surface area contributed by atoms with Gasteiger partial charge in [-0.05, 0) is 0 Å². The Morgan fingerprint density at radius 2 is 0.800 bits per heavy atom. The first kappa shape index (κ1) is 42.9. The van der Waals surface area contributed by atoms with Crippen molar-refractivity contribution in [2.45, 2.75) is 0 Å². The summed E-state index contributed by atoms with van der Waals surface area (Å²) < 4.78 is 0. The van der Waals surface area contributed by atoms with Gasteiger partial charge in [0.15, 0.2) is 0 Å². The van der Waals surface area contributed by atoms with Gasteiger partial charge in [0.05, 0.1) is 0 Å². The second-order valence-corrected chi connectivity index (χ2v) is 0. The van der Waals surface area contributed by atoms with Crippen LogP contribution in [0.25, 0.3) is 0 Å². The zero-order valence-corrected chi connectivity index (χ0v) is 8.78. The summed E-state index contributed by atoms with van der Waals surface area (Å²) in [6.45, 7) is 0. The smallest absolute Gasteiger partial charge is 1.00 e. The van der Waals surface area contributed by atoms with Gasteiger partial charge in [0, 0.05) is 0 Å². The van der Waals surface area contributed by atoms with E-state index in [1.807, 2.05) is 0 Å². The molecule has 0 fully saturated rings. The van der Waals surface area contributed by atoms with E-state index < -0.39 is 0 Å². The van der Waals surface area contributed by atoms with E-state index in [1.54, 1.807) is 0 Å². The fourth-order valence-corrected chi connectivity index (χ4v) is 0. The van der Waals surface area contributed by atoms with E-state index in [0.29, 0.717) is 0 Å². The van der Waals surface area contributed by atoms with Gasteiger partial charge in [-0.2, -0.15) is 0 Å². The third-order valence-corrected chi connectivity index (χ3v) is 0. The SMILES string of the molecule is Cl.Cl.O.[Ca+2].[Ca+2].[H-].[H-].[H-].[H-]. The molecule has 0 spiro atoms. The van der Waals surface area contributed by atoms with E-state index in [1.165, 1.54) is 0 Å². The van der Waals surface area contributed by atoms with Gasteiger partial charge in [0.2, 0.25) is 0 Å². The van der Waals surface area contributed by atoms with Gasteiger partial charge in [0.25, 0.3) is 0 Å². The van der Waals surface area contributed by atoms with Crippen molar-refractivity contribution in [3.63, 3.8) is 0 Å². The minimum Gasteiger partial charge on any atom is -1.00 e. The normalized spacial score (nSPS) is 0. The molecule has 0 aliphatic carbocycles. The van der Waals surface area contributed by atoms with Crippen molar-refractivity contribution in [2.75, 3.05) is 0 Å². The third kappa shape index (κ3) is 19.3. The van der Waals surface area contributed by atoms with Crippen molar-refractivity contribution >= 4 is 100 Å². The molecule has 0 heterocycles. The Hall–Kier alpha value is 3.06. The van der Waals surface area contributed by atoms with Crippen LogP contribution in [0.4, 0.5) is 0 Å². The van der Waals surface area contributed by atoms with Crippen molar-refractivity contribution in [1.29, 1.82) is 0 Å². The average Bonchev–Trinajstić information content (AvgIpc) is 0. The Morgan fingerprint density at radius 1 is 0.800 bits per heavy atom. The van der Waals surface area contributed by atoms with Crippen LogP contribution in [0.1, 0.15) is 5.71 Å². The molecule has 0 aliphatic rings. The summed E-state index contributed by atoms with van der Waals surface area (Å²) in [5.74, 6) is 0. The Balaban J connectivity index is 0. The molecule has 0 aromatic carbocycles. The standard InChI is InChI=1S/2Ca.2ClH.H2O.4H/h;;2*1H;1H2;;;;/q2*+2;;;;4*-1. The molecule has 5 heteroatoms. The van der Waals surface area contributed by atoms with Gasteiger partial charge in [-0.25, -0.2) is 0 Å². The predicted molar refractivity (Wildman–Crippen MR) is 34.1 cm³/mol. The molecule has 0 amide bonds. The zero-order valence-electron chi connectivity index (χ0n) is 6.73.